The molecule has 1 atom stereocenters. The van der Waals surface area contributed by atoms with Gasteiger partial charge in [0.2, 0.25) is 5.91 Å². The quantitative estimate of drug-likeness (QED) is 0.773. The maximum Gasteiger partial charge on any atom is 0.219 e. The van der Waals surface area contributed by atoms with Gasteiger partial charge in [0.15, 0.2) is 0 Å². The Kier molecular flexibility index (Phi) is 4.97. The number of primary amides is 1. The SMILES string of the molecule is CCN(c1cccc(C)c1)C(CN)CC(N)=O. The molecule has 4 heteroatoms. The molecule has 0 saturated carbocycles. The fourth-order valence-corrected chi connectivity index (χ4v) is 2.01. The van der Waals surface area contributed by atoms with Crippen molar-refractivity contribution < 1.29 is 4.79 Å². The predicted molar refractivity (Wildman–Crippen MR) is 70.9 cm³/mol. The van der Waals surface area contributed by atoms with Gasteiger partial charge in [-0.1, -0.05) is 12.1 Å². The van der Waals surface area contributed by atoms with Crippen molar-refractivity contribution in [1.29, 1.82) is 0 Å². The number of carbonyl (C=O) groups is 1. The highest BCUT2D eigenvalue weighted by molar-refractivity contribution is 5.75. The third-order valence-corrected chi connectivity index (χ3v) is 2.82. The third-order valence-electron chi connectivity index (χ3n) is 2.82. The molecule has 1 aromatic carbocycles. The Balaban J connectivity index is 2.92. The normalized spacial score (nSPS) is 12.2. The number of benzene rings is 1. The van der Waals surface area contributed by atoms with Crippen molar-refractivity contribution in [1.82, 2.24) is 0 Å². The van der Waals surface area contributed by atoms with E-state index in [-0.39, 0.29) is 18.4 Å². The fraction of sp³-hybridized carbons (Fsp3) is 0.462. The molecule has 1 unspecified atom stereocenters. The van der Waals surface area contributed by atoms with Crippen LogP contribution in [0, 0.1) is 6.92 Å². The summed E-state index contributed by atoms with van der Waals surface area (Å²) < 4.78 is 0. The Morgan fingerprint density at radius 3 is 2.65 bits per heavy atom. The molecule has 17 heavy (non-hydrogen) atoms. The molecule has 0 aliphatic heterocycles. The molecule has 0 aliphatic carbocycles. The highest BCUT2D eigenvalue weighted by atomic mass is 16.1. The number of hydrogen-bond acceptors (Lipinski definition) is 3. The number of aryl methyl sites for hydroxylation is 1. The summed E-state index contributed by atoms with van der Waals surface area (Å²) >= 11 is 0. The summed E-state index contributed by atoms with van der Waals surface area (Å²) in [5.74, 6) is -0.313. The van der Waals surface area contributed by atoms with Crippen molar-refractivity contribution in [2.75, 3.05) is 18.0 Å². The molecule has 0 fully saturated rings. The standard InChI is InChI=1S/C13H21N3O/c1-3-16(12(9-14)8-13(15)17)11-6-4-5-10(2)7-11/h4-7,12H,3,8-9,14H2,1-2H3,(H2,15,17). The van der Waals surface area contributed by atoms with E-state index < -0.39 is 0 Å². The molecule has 0 radical (unpaired) electrons. The predicted octanol–water partition coefficient (Wildman–Crippen LogP) is 1.02. The van der Waals surface area contributed by atoms with Crippen molar-refractivity contribution in [3.05, 3.63) is 29.8 Å². The van der Waals surface area contributed by atoms with Crippen molar-refractivity contribution in [2.45, 2.75) is 26.3 Å². The second kappa shape index (κ2) is 6.25. The van der Waals surface area contributed by atoms with Crippen molar-refractivity contribution >= 4 is 11.6 Å². The molecule has 4 N–H and O–H groups in total. The third kappa shape index (κ3) is 3.75. The summed E-state index contributed by atoms with van der Waals surface area (Å²) in [5, 5.41) is 0. The highest BCUT2D eigenvalue weighted by Crippen LogP contribution is 2.19. The molecule has 0 spiro atoms. The van der Waals surface area contributed by atoms with Crippen molar-refractivity contribution in [2.24, 2.45) is 11.5 Å². The fourth-order valence-electron chi connectivity index (χ4n) is 2.01. The first-order valence-corrected chi connectivity index (χ1v) is 5.90. The molecular formula is C13H21N3O. The number of amides is 1. The zero-order valence-electron chi connectivity index (χ0n) is 10.5. The summed E-state index contributed by atoms with van der Waals surface area (Å²) in [6.45, 7) is 5.32. The van der Waals surface area contributed by atoms with E-state index in [4.69, 9.17) is 11.5 Å². The molecule has 0 aromatic heterocycles. The Hall–Kier alpha value is -1.55. The van der Waals surface area contributed by atoms with Gasteiger partial charge in [-0.25, -0.2) is 0 Å². The van der Waals surface area contributed by atoms with Crippen LogP contribution in [0.1, 0.15) is 18.9 Å². The zero-order valence-corrected chi connectivity index (χ0v) is 10.5. The lowest BCUT2D eigenvalue weighted by molar-refractivity contribution is -0.118. The summed E-state index contributed by atoms with van der Waals surface area (Å²) in [6.07, 6.45) is 0.290. The summed E-state index contributed by atoms with van der Waals surface area (Å²) in [5.41, 5.74) is 13.2. The summed E-state index contributed by atoms with van der Waals surface area (Å²) in [7, 11) is 0. The van der Waals surface area contributed by atoms with Crippen LogP contribution >= 0.6 is 0 Å². The second-order valence-electron chi connectivity index (χ2n) is 4.18. The maximum absolute atomic E-state index is 11.0. The van der Waals surface area contributed by atoms with E-state index >= 15 is 0 Å². The summed E-state index contributed by atoms with van der Waals surface area (Å²) in [4.78, 5) is 13.2. The first-order valence-electron chi connectivity index (χ1n) is 5.90. The Bertz CT molecular complexity index is 379. The largest absolute Gasteiger partial charge is 0.370 e. The van der Waals surface area contributed by atoms with Crippen LogP contribution in [0.15, 0.2) is 24.3 Å². The first-order chi connectivity index (χ1) is 8.08. The van der Waals surface area contributed by atoms with Crippen LogP contribution in [0.4, 0.5) is 5.69 Å². The minimum Gasteiger partial charge on any atom is -0.370 e. The lowest BCUT2D eigenvalue weighted by Gasteiger charge is -2.31. The van der Waals surface area contributed by atoms with Gasteiger partial charge in [-0.15, -0.1) is 0 Å². The van der Waals surface area contributed by atoms with Gasteiger partial charge in [0, 0.05) is 31.2 Å². The number of likely N-dealkylation sites (N-methyl/N-ethyl adjacent to an activating group) is 1. The van der Waals surface area contributed by atoms with E-state index in [1.807, 2.05) is 32.0 Å². The molecule has 0 bridgehead atoms. The monoisotopic (exact) mass is 235 g/mol. The molecule has 4 nitrogen and oxygen atoms in total. The van der Waals surface area contributed by atoms with E-state index in [0.717, 1.165) is 12.2 Å². The Morgan fingerprint density at radius 2 is 2.18 bits per heavy atom. The van der Waals surface area contributed by atoms with Crippen LogP contribution in [-0.2, 0) is 4.79 Å². The Morgan fingerprint density at radius 1 is 1.47 bits per heavy atom. The topological polar surface area (TPSA) is 72.3 Å². The second-order valence-corrected chi connectivity index (χ2v) is 4.18. The van der Waals surface area contributed by atoms with E-state index in [1.54, 1.807) is 0 Å². The van der Waals surface area contributed by atoms with E-state index in [2.05, 4.69) is 11.0 Å². The van der Waals surface area contributed by atoms with Gasteiger partial charge in [0.1, 0.15) is 0 Å². The van der Waals surface area contributed by atoms with Gasteiger partial charge in [-0.05, 0) is 31.5 Å². The van der Waals surface area contributed by atoms with Crippen LogP contribution in [0.3, 0.4) is 0 Å². The van der Waals surface area contributed by atoms with E-state index in [0.29, 0.717) is 6.54 Å². The molecule has 0 saturated heterocycles. The lowest BCUT2D eigenvalue weighted by Crippen LogP contribution is -2.43. The van der Waals surface area contributed by atoms with Gasteiger partial charge in [0.05, 0.1) is 0 Å². The van der Waals surface area contributed by atoms with Gasteiger partial charge in [0.25, 0.3) is 0 Å². The van der Waals surface area contributed by atoms with E-state index in [1.165, 1.54) is 5.56 Å². The average molecular weight is 235 g/mol. The number of rotatable bonds is 6. The molecule has 1 amide bonds. The molecule has 0 aliphatic rings. The van der Waals surface area contributed by atoms with Gasteiger partial charge < -0.3 is 16.4 Å². The van der Waals surface area contributed by atoms with Crippen LogP contribution in [0.25, 0.3) is 0 Å². The molecule has 1 aromatic rings. The smallest absolute Gasteiger partial charge is 0.219 e. The van der Waals surface area contributed by atoms with Crippen molar-refractivity contribution in [3.63, 3.8) is 0 Å². The minimum atomic E-state index is -0.313. The number of anilines is 1. The van der Waals surface area contributed by atoms with Crippen LogP contribution in [0.2, 0.25) is 0 Å². The minimum absolute atomic E-state index is 0.0284. The highest BCUT2D eigenvalue weighted by Gasteiger charge is 2.18. The van der Waals surface area contributed by atoms with Gasteiger partial charge >= 0.3 is 0 Å². The molecule has 94 valence electrons. The van der Waals surface area contributed by atoms with Crippen molar-refractivity contribution in [3.8, 4) is 0 Å². The van der Waals surface area contributed by atoms with Crippen LogP contribution in [0.5, 0.6) is 0 Å². The molecular weight excluding hydrogens is 214 g/mol. The number of carbonyl (C=O) groups excluding carboxylic acids is 1. The van der Waals surface area contributed by atoms with Gasteiger partial charge in [-0.3, -0.25) is 4.79 Å². The molecule has 0 heterocycles. The zero-order chi connectivity index (χ0) is 12.8. The van der Waals surface area contributed by atoms with Crippen LogP contribution < -0.4 is 16.4 Å². The van der Waals surface area contributed by atoms with Gasteiger partial charge in [-0.2, -0.15) is 0 Å². The maximum atomic E-state index is 11.0. The average Bonchev–Trinajstić information content (AvgIpc) is 2.28. The van der Waals surface area contributed by atoms with E-state index in [9.17, 15) is 4.79 Å². The number of nitrogens with zero attached hydrogens (tertiary/aromatic N) is 1. The molecule has 1 rings (SSSR count). The number of nitrogens with two attached hydrogens (primary N) is 2. The first kappa shape index (κ1) is 13.5. The number of hydrogen-bond donors (Lipinski definition) is 2. The lowest BCUT2D eigenvalue weighted by atomic mass is 10.1. The Labute approximate surface area is 103 Å². The van der Waals surface area contributed by atoms with Crippen LogP contribution in [-0.4, -0.2) is 25.0 Å². The summed E-state index contributed by atoms with van der Waals surface area (Å²) in [6, 6.07) is 8.14.